The Labute approximate surface area is 97.8 Å². The Morgan fingerprint density at radius 2 is 2.00 bits per heavy atom. The van der Waals surface area contributed by atoms with Gasteiger partial charge in [-0.1, -0.05) is 0 Å². The van der Waals surface area contributed by atoms with Gasteiger partial charge in [0, 0.05) is 6.20 Å². The summed E-state index contributed by atoms with van der Waals surface area (Å²) in [4.78, 5) is 13.3. The molecule has 6 nitrogen and oxygen atoms in total. The maximum atomic E-state index is 12.3. The molecule has 2 heterocycles. The standard InChI is InChI=1S/C9H5F3N4O2/c10-9(11,12)6-1-2-8(13-3-6)15-5-7(4-14-15)16(17)18/h1-5H. The van der Waals surface area contributed by atoms with E-state index in [0.29, 0.717) is 6.20 Å². The maximum Gasteiger partial charge on any atom is 0.417 e. The van der Waals surface area contributed by atoms with Crippen LogP contribution in [0.3, 0.4) is 0 Å². The topological polar surface area (TPSA) is 73.8 Å². The van der Waals surface area contributed by atoms with E-state index in [1.165, 1.54) is 0 Å². The molecule has 0 aromatic carbocycles. The Balaban J connectivity index is 2.31. The fourth-order valence-corrected chi connectivity index (χ4v) is 1.22. The molecule has 0 aliphatic carbocycles. The van der Waals surface area contributed by atoms with Crippen LogP contribution in [0.15, 0.2) is 30.7 Å². The van der Waals surface area contributed by atoms with Crippen LogP contribution in [0.4, 0.5) is 18.9 Å². The van der Waals surface area contributed by atoms with E-state index in [1.54, 1.807) is 0 Å². The smallest absolute Gasteiger partial charge is 0.258 e. The van der Waals surface area contributed by atoms with Crippen molar-refractivity contribution in [2.75, 3.05) is 0 Å². The number of hydrogen-bond acceptors (Lipinski definition) is 4. The van der Waals surface area contributed by atoms with Crippen molar-refractivity contribution < 1.29 is 18.1 Å². The summed E-state index contributed by atoms with van der Waals surface area (Å²) in [5.41, 5.74) is -1.16. The number of hydrogen-bond donors (Lipinski definition) is 0. The third-order valence-corrected chi connectivity index (χ3v) is 2.09. The second-order valence-corrected chi connectivity index (χ2v) is 3.30. The summed E-state index contributed by atoms with van der Waals surface area (Å²) < 4.78 is 37.9. The fraction of sp³-hybridized carbons (Fsp3) is 0.111. The molecule has 0 amide bonds. The normalized spacial score (nSPS) is 11.5. The van der Waals surface area contributed by atoms with E-state index in [-0.39, 0.29) is 11.5 Å². The summed E-state index contributed by atoms with van der Waals surface area (Å²) in [6, 6.07) is 1.91. The van der Waals surface area contributed by atoms with Crippen molar-refractivity contribution in [2.45, 2.75) is 6.18 Å². The molecule has 0 aliphatic rings. The lowest BCUT2D eigenvalue weighted by Crippen LogP contribution is -2.06. The van der Waals surface area contributed by atoms with Gasteiger partial charge in [0.15, 0.2) is 5.82 Å². The van der Waals surface area contributed by atoms with E-state index in [2.05, 4.69) is 10.1 Å². The summed E-state index contributed by atoms with van der Waals surface area (Å²) in [6.07, 6.45) is -1.78. The number of rotatable bonds is 2. The molecule has 0 radical (unpaired) electrons. The van der Waals surface area contributed by atoms with E-state index in [9.17, 15) is 23.3 Å². The molecule has 0 fully saturated rings. The van der Waals surface area contributed by atoms with E-state index in [4.69, 9.17) is 0 Å². The Hall–Kier alpha value is -2.45. The van der Waals surface area contributed by atoms with E-state index in [1.807, 2.05) is 0 Å². The first-order valence-corrected chi connectivity index (χ1v) is 4.60. The van der Waals surface area contributed by atoms with Crippen molar-refractivity contribution in [1.29, 1.82) is 0 Å². The van der Waals surface area contributed by atoms with Gasteiger partial charge in [-0.15, -0.1) is 0 Å². The zero-order chi connectivity index (χ0) is 13.3. The van der Waals surface area contributed by atoms with Gasteiger partial charge in [-0.05, 0) is 12.1 Å². The summed E-state index contributed by atoms with van der Waals surface area (Å²) in [6.45, 7) is 0. The number of nitrogens with zero attached hydrogens (tertiary/aromatic N) is 4. The van der Waals surface area contributed by atoms with Crippen molar-refractivity contribution in [1.82, 2.24) is 14.8 Å². The molecule has 0 bridgehead atoms. The van der Waals surface area contributed by atoms with Crippen molar-refractivity contribution in [3.63, 3.8) is 0 Å². The van der Waals surface area contributed by atoms with E-state index < -0.39 is 16.7 Å². The van der Waals surface area contributed by atoms with E-state index >= 15 is 0 Å². The number of halogens is 3. The zero-order valence-corrected chi connectivity index (χ0v) is 8.63. The second kappa shape index (κ2) is 4.09. The van der Waals surface area contributed by atoms with Gasteiger partial charge >= 0.3 is 11.9 Å². The second-order valence-electron chi connectivity index (χ2n) is 3.30. The maximum absolute atomic E-state index is 12.3. The highest BCUT2D eigenvalue weighted by atomic mass is 19.4. The number of aromatic nitrogens is 3. The van der Waals surface area contributed by atoms with Crippen LogP contribution in [0.5, 0.6) is 0 Å². The van der Waals surface area contributed by atoms with Crippen LogP contribution in [0.25, 0.3) is 5.82 Å². The monoisotopic (exact) mass is 258 g/mol. The van der Waals surface area contributed by atoms with Crippen molar-refractivity contribution in [3.8, 4) is 5.82 Å². The van der Waals surface area contributed by atoms with Gasteiger partial charge in [0.2, 0.25) is 0 Å². The van der Waals surface area contributed by atoms with Crippen molar-refractivity contribution >= 4 is 5.69 Å². The Morgan fingerprint density at radius 3 is 2.44 bits per heavy atom. The highest BCUT2D eigenvalue weighted by Gasteiger charge is 2.30. The largest absolute Gasteiger partial charge is 0.417 e. The highest BCUT2D eigenvalue weighted by molar-refractivity contribution is 5.30. The molecular weight excluding hydrogens is 253 g/mol. The predicted octanol–water partition coefficient (Wildman–Crippen LogP) is 2.19. The van der Waals surface area contributed by atoms with Gasteiger partial charge in [0.1, 0.15) is 12.4 Å². The quantitative estimate of drug-likeness (QED) is 0.611. The van der Waals surface area contributed by atoms with Gasteiger partial charge in [0.25, 0.3) is 0 Å². The van der Waals surface area contributed by atoms with Crippen molar-refractivity contribution in [3.05, 3.63) is 46.4 Å². The lowest BCUT2D eigenvalue weighted by molar-refractivity contribution is -0.384. The molecule has 2 rings (SSSR count). The molecule has 0 saturated carbocycles. The molecule has 0 spiro atoms. The molecule has 0 aliphatic heterocycles. The molecule has 9 heteroatoms. The average Bonchev–Trinajstić information content (AvgIpc) is 2.77. The van der Waals surface area contributed by atoms with Gasteiger partial charge < -0.3 is 0 Å². The van der Waals surface area contributed by atoms with Crippen LogP contribution in [-0.4, -0.2) is 19.7 Å². The number of alkyl halides is 3. The Kier molecular flexibility index (Phi) is 2.73. The van der Waals surface area contributed by atoms with Gasteiger partial charge in [-0.3, -0.25) is 10.1 Å². The SMILES string of the molecule is O=[N+]([O-])c1cnn(-c2ccc(C(F)(F)F)cn2)c1. The fourth-order valence-electron chi connectivity index (χ4n) is 1.22. The molecule has 0 unspecified atom stereocenters. The molecular formula is C9H5F3N4O2. The average molecular weight is 258 g/mol. The van der Waals surface area contributed by atoms with Gasteiger partial charge in [0.05, 0.1) is 10.5 Å². The van der Waals surface area contributed by atoms with Crippen LogP contribution < -0.4 is 0 Å². The molecule has 94 valence electrons. The Bertz CT molecular complexity index is 576. The first-order valence-electron chi connectivity index (χ1n) is 4.60. The third kappa shape index (κ3) is 2.29. The Morgan fingerprint density at radius 1 is 1.28 bits per heavy atom. The first-order chi connectivity index (χ1) is 8.38. The molecule has 0 saturated heterocycles. The van der Waals surface area contributed by atoms with Gasteiger partial charge in [-0.25, -0.2) is 9.67 Å². The summed E-state index contributed by atoms with van der Waals surface area (Å²) in [5.74, 6) is 0.0658. The molecule has 0 N–H and O–H groups in total. The first kappa shape index (κ1) is 12.0. The molecule has 0 atom stereocenters. The zero-order valence-electron chi connectivity index (χ0n) is 8.63. The molecule has 18 heavy (non-hydrogen) atoms. The minimum absolute atomic E-state index is 0.0658. The molecule has 2 aromatic rings. The van der Waals surface area contributed by atoms with Crippen molar-refractivity contribution in [2.24, 2.45) is 0 Å². The summed E-state index contributed by atoms with van der Waals surface area (Å²) in [5, 5.41) is 14.0. The van der Waals surface area contributed by atoms with Crippen LogP contribution in [-0.2, 0) is 6.18 Å². The minimum atomic E-state index is -4.47. The number of nitro groups is 1. The minimum Gasteiger partial charge on any atom is -0.258 e. The van der Waals surface area contributed by atoms with Crippen LogP contribution in [0.1, 0.15) is 5.56 Å². The van der Waals surface area contributed by atoms with E-state index in [0.717, 1.165) is 29.2 Å². The third-order valence-electron chi connectivity index (χ3n) is 2.09. The van der Waals surface area contributed by atoms with Crippen LogP contribution in [0.2, 0.25) is 0 Å². The van der Waals surface area contributed by atoms with Gasteiger partial charge in [-0.2, -0.15) is 18.3 Å². The lowest BCUT2D eigenvalue weighted by atomic mass is 10.3. The summed E-state index contributed by atoms with van der Waals surface area (Å²) in [7, 11) is 0. The lowest BCUT2D eigenvalue weighted by Gasteiger charge is -2.06. The number of pyridine rings is 1. The van der Waals surface area contributed by atoms with Crippen LogP contribution >= 0.6 is 0 Å². The molecule has 2 aromatic heterocycles. The summed E-state index contributed by atoms with van der Waals surface area (Å²) >= 11 is 0. The predicted molar refractivity (Wildman–Crippen MR) is 53.0 cm³/mol. The van der Waals surface area contributed by atoms with Crippen LogP contribution in [0, 0.1) is 10.1 Å². The highest BCUT2D eigenvalue weighted by Crippen LogP contribution is 2.28.